The first-order chi connectivity index (χ1) is 9.35. The second kappa shape index (κ2) is 10.2. The van der Waals surface area contributed by atoms with Crippen molar-refractivity contribution in [2.24, 2.45) is 0 Å². The highest BCUT2D eigenvalue weighted by molar-refractivity contribution is 5.69. The summed E-state index contributed by atoms with van der Waals surface area (Å²) >= 11 is 0. The number of carbonyl (C=O) groups is 3. The van der Waals surface area contributed by atoms with Crippen molar-refractivity contribution in [1.82, 2.24) is 0 Å². The lowest BCUT2D eigenvalue weighted by atomic mass is 10.2. The van der Waals surface area contributed by atoms with Crippen molar-refractivity contribution in [2.45, 2.75) is 38.9 Å². The molecule has 0 aromatic rings. The summed E-state index contributed by atoms with van der Waals surface area (Å²) in [4.78, 5) is 32.8. The molecule has 20 heavy (non-hydrogen) atoms. The smallest absolute Gasteiger partial charge is 0.306 e. The molecule has 0 aliphatic carbocycles. The molecule has 0 aliphatic heterocycles. The molecular formula is C12H20O8. The van der Waals surface area contributed by atoms with Crippen LogP contribution in [0.5, 0.6) is 0 Å². The summed E-state index contributed by atoms with van der Waals surface area (Å²) in [6.07, 6.45) is -1.87. The molecule has 0 saturated heterocycles. The van der Waals surface area contributed by atoms with Gasteiger partial charge < -0.3 is 24.4 Å². The minimum absolute atomic E-state index is 0.0670. The molecule has 8 heteroatoms. The molecule has 0 heterocycles. The highest BCUT2D eigenvalue weighted by Crippen LogP contribution is 2.02. The molecule has 0 amide bonds. The van der Waals surface area contributed by atoms with Crippen LogP contribution in [0.1, 0.15) is 26.7 Å². The minimum Gasteiger partial charge on any atom is -0.462 e. The van der Waals surface area contributed by atoms with Crippen LogP contribution in [0.15, 0.2) is 0 Å². The summed E-state index contributed by atoms with van der Waals surface area (Å²) in [6.45, 7) is 1.49. The van der Waals surface area contributed by atoms with Crippen molar-refractivity contribution in [1.29, 1.82) is 0 Å². The van der Waals surface area contributed by atoms with E-state index >= 15 is 0 Å². The average molecular weight is 292 g/mol. The molecular weight excluding hydrogens is 272 g/mol. The fourth-order valence-corrected chi connectivity index (χ4v) is 1.19. The van der Waals surface area contributed by atoms with Gasteiger partial charge in [-0.05, 0) is 6.42 Å². The Morgan fingerprint density at radius 3 is 2.15 bits per heavy atom. The summed E-state index contributed by atoms with van der Waals surface area (Å²) in [5.41, 5.74) is 0. The van der Waals surface area contributed by atoms with Crippen molar-refractivity contribution in [3.8, 4) is 0 Å². The van der Waals surface area contributed by atoms with Crippen LogP contribution in [0, 0.1) is 0 Å². The highest BCUT2D eigenvalue weighted by Gasteiger charge is 2.17. The first-order valence-electron chi connectivity index (χ1n) is 6.10. The Morgan fingerprint density at radius 1 is 1.05 bits per heavy atom. The maximum Gasteiger partial charge on any atom is 0.306 e. The summed E-state index contributed by atoms with van der Waals surface area (Å²) in [5, 5.41) is 17.6. The Bertz CT molecular complexity index is 327. The average Bonchev–Trinajstić information content (AvgIpc) is 2.38. The lowest BCUT2D eigenvalue weighted by Crippen LogP contribution is -2.30. The zero-order valence-electron chi connectivity index (χ0n) is 11.5. The number of carbonyl (C=O) groups excluding carboxylic acids is 3. The molecule has 0 radical (unpaired) electrons. The number of hydrogen-bond acceptors (Lipinski definition) is 8. The van der Waals surface area contributed by atoms with Gasteiger partial charge in [-0.3, -0.25) is 14.4 Å². The van der Waals surface area contributed by atoms with Crippen LogP contribution in [-0.4, -0.2) is 60.1 Å². The number of hydrogen-bond donors (Lipinski definition) is 2. The van der Waals surface area contributed by atoms with Crippen molar-refractivity contribution < 1.29 is 38.8 Å². The summed E-state index contributed by atoms with van der Waals surface area (Å²) < 4.78 is 14.3. The maximum absolute atomic E-state index is 11.3. The van der Waals surface area contributed by atoms with Gasteiger partial charge in [0.15, 0.2) is 6.10 Å². The molecule has 2 unspecified atom stereocenters. The van der Waals surface area contributed by atoms with Gasteiger partial charge in [-0.15, -0.1) is 0 Å². The van der Waals surface area contributed by atoms with Gasteiger partial charge in [-0.2, -0.15) is 0 Å². The van der Waals surface area contributed by atoms with E-state index in [2.05, 4.69) is 4.74 Å². The lowest BCUT2D eigenvalue weighted by molar-refractivity contribution is -0.164. The third-order valence-corrected chi connectivity index (χ3v) is 2.13. The number of aliphatic hydroxyl groups excluding tert-OH is 2. The quantitative estimate of drug-likeness (QED) is 0.417. The van der Waals surface area contributed by atoms with E-state index < -0.39 is 36.7 Å². The Labute approximate surface area is 116 Å². The second-order valence-electron chi connectivity index (χ2n) is 4.09. The van der Waals surface area contributed by atoms with Gasteiger partial charge in [-0.25, -0.2) is 0 Å². The van der Waals surface area contributed by atoms with E-state index in [0.29, 0.717) is 0 Å². The zero-order valence-corrected chi connectivity index (χ0v) is 11.5. The zero-order chi connectivity index (χ0) is 15.5. The highest BCUT2D eigenvalue weighted by atomic mass is 16.6. The van der Waals surface area contributed by atoms with Gasteiger partial charge in [0.05, 0.1) is 12.7 Å². The van der Waals surface area contributed by atoms with E-state index in [1.165, 1.54) is 13.8 Å². The van der Waals surface area contributed by atoms with Crippen LogP contribution in [0.4, 0.5) is 0 Å². The van der Waals surface area contributed by atoms with Crippen LogP contribution in [0.3, 0.4) is 0 Å². The number of esters is 3. The normalized spacial score (nSPS) is 13.2. The Kier molecular flexibility index (Phi) is 9.31. The molecule has 0 spiro atoms. The van der Waals surface area contributed by atoms with Crippen LogP contribution in [0.2, 0.25) is 0 Å². The van der Waals surface area contributed by atoms with Crippen LogP contribution in [-0.2, 0) is 28.6 Å². The van der Waals surface area contributed by atoms with Gasteiger partial charge in [0.25, 0.3) is 0 Å². The molecule has 0 aromatic carbocycles. The second-order valence-corrected chi connectivity index (χ2v) is 4.09. The van der Waals surface area contributed by atoms with Crippen molar-refractivity contribution in [3.05, 3.63) is 0 Å². The molecule has 0 aromatic heterocycles. The Hall–Kier alpha value is -1.67. The molecule has 0 aliphatic rings. The Morgan fingerprint density at radius 2 is 1.65 bits per heavy atom. The lowest BCUT2D eigenvalue weighted by Gasteiger charge is -2.16. The summed E-state index contributed by atoms with van der Waals surface area (Å²) in [7, 11) is 0. The van der Waals surface area contributed by atoms with Gasteiger partial charge in [0.1, 0.15) is 13.2 Å². The minimum atomic E-state index is -0.979. The molecule has 0 fully saturated rings. The maximum atomic E-state index is 11.3. The van der Waals surface area contributed by atoms with Crippen molar-refractivity contribution in [2.75, 3.05) is 19.8 Å². The molecule has 0 saturated carbocycles. The summed E-state index contributed by atoms with van der Waals surface area (Å²) in [6, 6.07) is 0. The van der Waals surface area contributed by atoms with E-state index in [4.69, 9.17) is 19.7 Å². The SMILES string of the molecule is CC(=O)OCC(COC(=O)CCC(O)CO)OC(C)=O. The van der Waals surface area contributed by atoms with Crippen LogP contribution < -0.4 is 0 Å². The van der Waals surface area contributed by atoms with Gasteiger partial charge in [0, 0.05) is 20.3 Å². The fraction of sp³-hybridized carbons (Fsp3) is 0.750. The number of rotatable bonds is 9. The molecule has 0 rings (SSSR count). The predicted molar refractivity (Wildman–Crippen MR) is 65.5 cm³/mol. The largest absolute Gasteiger partial charge is 0.462 e. The number of aliphatic hydroxyl groups is 2. The van der Waals surface area contributed by atoms with E-state index in [-0.39, 0.29) is 26.1 Å². The van der Waals surface area contributed by atoms with E-state index in [9.17, 15) is 14.4 Å². The van der Waals surface area contributed by atoms with Gasteiger partial charge in [-0.1, -0.05) is 0 Å². The first kappa shape index (κ1) is 18.3. The van der Waals surface area contributed by atoms with Crippen molar-refractivity contribution in [3.63, 3.8) is 0 Å². The first-order valence-corrected chi connectivity index (χ1v) is 6.10. The Balaban J connectivity index is 4.06. The van der Waals surface area contributed by atoms with E-state index in [1.54, 1.807) is 0 Å². The molecule has 2 N–H and O–H groups in total. The third kappa shape index (κ3) is 10.3. The monoisotopic (exact) mass is 292 g/mol. The summed E-state index contributed by atoms with van der Waals surface area (Å²) in [5.74, 6) is -1.74. The fourth-order valence-electron chi connectivity index (χ4n) is 1.19. The number of ether oxygens (including phenoxy) is 3. The van der Waals surface area contributed by atoms with Gasteiger partial charge >= 0.3 is 17.9 Å². The molecule has 8 nitrogen and oxygen atoms in total. The molecule has 2 atom stereocenters. The van der Waals surface area contributed by atoms with Crippen LogP contribution in [0.25, 0.3) is 0 Å². The van der Waals surface area contributed by atoms with Gasteiger partial charge in [0.2, 0.25) is 0 Å². The third-order valence-electron chi connectivity index (χ3n) is 2.13. The van der Waals surface area contributed by atoms with Crippen molar-refractivity contribution >= 4 is 17.9 Å². The topological polar surface area (TPSA) is 119 Å². The van der Waals surface area contributed by atoms with E-state index in [1.807, 2.05) is 0 Å². The molecule has 0 bridgehead atoms. The molecule has 116 valence electrons. The predicted octanol–water partition coefficient (Wildman–Crippen LogP) is -0.842. The van der Waals surface area contributed by atoms with E-state index in [0.717, 1.165) is 0 Å². The van der Waals surface area contributed by atoms with Crippen LogP contribution >= 0.6 is 0 Å². The standard InChI is InChI=1S/C12H20O8/c1-8(14)18-6-11(20-9(2)15)7-19-12(17)4-3-10(16)5-13/h10-11,13,16H,3-7H2,1-2H3.